The van der Waals surface area contributed by atoms with Crippen LogP contribution in [-0.2, 0) is 6.54 Å². The molecule has 0 spiro atoms. The van der Waals surface area contributed by atoms with Crippen LogP contribution in [0.5, 0.6) is 17.2 Å². The van der Waals surface area contributed by atoms with Gasteiger partial charge >= 0.3 is 0 Å². The van der Waals surface area contributed by atoms with Crippen LogP contribution < -0.4 is 19.5 Å². The molecule has 0 aliphatic carbocycles. The van der Waals surface area contributed by atoms with Gasteiger partial charge in [0, 0.05) is 43.9 Å². The maximum Gasteiger partial charge on any atom is 0.253 e. The topological polar surface area (TPSA) is 80.3 Å². The van der Waals surface area contributed by atoms with Gasteiger partial charge in [-0.2, -0.15) is 0 Å². The summed E-state index contributed by atoms with van der Waals surface area (Å²) >= 11 is 0. The van der Waals surface area contributed by atoms with Gasteiger partial charge in [0.15, 0.2) is 11.5 Å². The smallest absolute Gasteiger partial charge is 0.253 e. The molecule has 2 aromatic rings. The van der Waals surface area contributed by atoms with Gasteiger partial charge in [0.25, 0.3) is 11.8 Å². The number of amides is 2. The lowest BCUT2D eigenvalue weighted by Gasteiger charge is -2.32. The fourth-order valence-corrected chi connectivity index (χ4v) is 3.76. The Morgan fingerprint density at radius 2 is 1.38 bits per heavy atom. The number of hydrogen-bond donors (Lipinski definition) is 1. The van der Waals surface area contributed by atoms with Gasteiger partial charge in [-0.3, -0.25) is 9.59 Å². The summed E-state index contributed by atoms with van der Waals surface area (Å²) in [5.74, 6) is 1.26. The number of likely N-dealkylation sites (N-methyl/N-ethyl adjacent to an activating group) is 1. The van der Waals surface area contributed by atoms with Crippen molar-refractivity contribution in [3.8, 4) is 17.2 Å². The molecule has 2 amide bonds. The normalized spacial score (nSPS) is 13.9. The molecule has 1 fully saturated rings. The Morgan fingerprint density at radius 1 is 0.824 bits per heavy atom. The van der Waals surface area contributed by atoms with E-state index in [0.29, 0.717) is 54.7 Å². The zero-order valence-corrected chi connectivity index (χ0v) is 20.6. The van der Waals surface area contributed by atoms with Crippen molar-refractivity contribution in [2.75, 3.05) is 53.0 Å². The first kappa shape index (κ1) is 25.4. The zero-order chi connectivity index (χ0) is 24.5. The second-order valence-corrected chi connectivity index (χ2v) is 8.08. The highest BCUT2D eigenvalue weighted by Crippen LogP contribution is 2.39. The first-order valence-corrected chi connectivity index (χ1v) is 11.9. The van der Waals surface area contributed by atoms with Crippen LogP contribution in [0.15, 0.2) is 36.4 Å². The van der Waals surface area contributed by atoms with Crippen molar-refractivity contribution in [1.29, 1.82) is 0 Å². The summed E-state index contributed by atoms with van der Waals surface area (Å²) in [7, 11) is 2.06. The molecule has 0 saturated carbocycles. The number of piperazine rings is 1. The van der Waals surface area contributed by atoms with E-state index in [1.165, 1.54) is 0 Å². The van der Waals surface area contributed by atoms with E-state index < -0.39 is 0 Å². The van der Waals surface area contributed by atoms with Crippen LogP contribution in [0.3, 0.4) is 0 Å². The standard InChI is InChI=1S/C26H35N3O5/c1-5-32-22-16-21(17-23(33-6-2)24(22)34-7-3)25(30)27-18-19-8-10-20(11-9-19)26(31)29-14-12-28(4)13-15-29/h8-11,16-17H,5-7,12-15,18H2,1-4H3,(H,27,30). The fourth-order valence-electron chi connectivity index (χ4n) is 3.76. The quantitative estimate of drug-likeness (QED) is 0.576. The molecule has 2 aromatic carbocycles. The van der Waals surface area contributed by atoms with Gasteiger partial charge in [0.05, 0.1) is 19.8 Å². The van der Waals surface area contributed by atoms with Crippen LogP contribution in [0, 0.1) is 0 Å². The van der Waals surface area contributed by atoms with Gasteiger partial charge < -0.3 is 29.3 Å². The maximum atomic E-state index is 12.9. The largest absolute Gasteiger partial charge is 0.490 e. The molecule has 0 unspecified atom stereocenters. The molecule has 1 N–H and O–H groups in total. The van der Waals surface area contributed by atoms with Crippen LogP contribution in [0.4, 0.5) is 0 Å². The number of carbonyl (C=O) groups excluding carboxylic acids is 2. The Bertz CT molecular complexity index is 942. The van der Waals surface area contributed by atoms with Crippen molar-refractivity contribution in [2.24, 2.45) is 0 Å². The third-order valence-corrected chi connectivity index (χ3v) is 5.62. The third-order valence-electron chi connectivity index (χ3n) is 5.62. The first-order chi connectivity index (χ1) is 16.5. The first-order valence-electron chi connectivity index (χ1n) is 11.9. The number of benzene rings is 2. The molecule has 0 radical (unpaired) electrons. The Balaban J connectivity index is 1.66. The highest BCUT2D eigenvalue weighted by Gasteiger charge is 2.21. The van der Waals surface area contributed by atoms with E-state index in [0.717, 1.165) is 31.7 Å². The average Bonchev–Trinajstić information content (AvgIpc) is 2.85. The van der Waals surface area contributed by atoms with E-state index in [1.54, 1.807) is 12.1 Å². The molecule has 1 aliphatic heterocycles. The van der Waals surface area contributed by atoms with Crippen molar-refractivity contribution >= 4 is 11.8 Å². The monoisotopic (exact) mass is 469 g/mol. The van der Waals surface area contributed by atoms with Crippen molar-refractivity contribution in [1.82, 2.24) is 15.1 Å². The minimum atomic E-state index is -0.248. The molecule has 34 heavy (non-hydrogen) atoms. The third kappa shape index (κ3) is 6.41. The van der Waals surface area contributed by atoms with E-state index in [4.69, 9.17) is 14.2 Å². The summed E-state index contributed by atoms with van der Waals surface area (Å²) < 4.78 is 17.1. The predicted octanol–water partition coefficient (Wildman–Crippen LogP) is 3.20. The number of carbonyl (C=O) groups is 2. The lowest BCUT2D eigenvalue weighted by atomic mass is 10.1. The molecular weight excluding hydrogens is 434 g/mol. The molecule has 184 valence electrons. The van der Waals surface area contributed by atoms with Gasteiger partial charge in [-0.25, -0.2) is 0 Å². The maximum absolute atomic E-state index is 12.9. The number of nitrogens with zero attached hydrogens (tertiary/aromatic N) is 2. The van der Waals surface area contributed by atoms with E-state index in [1.807, 2.05) is 49.9 Å². The molecule has 0 atom stereocenters. The second kappa shape index (κ2) is 12.3. The van der Waals surface area contributed by atoms with Crippen LogP contribution in [0.2, 0.25) is 0 Å². The van der Waals surface area contributed by atoms with E-state index >= 15 is 0 Å². The van der Waals surface area contributed by atoms with E-state index in [9.17, 15) is 9.59 Å². The molecule has 8 nitrogen and oxygen atoms in total. The van der Waals surface area contributed by atoms with Gasteiger partial charge in [-0.1, -0.05) is 12.1 Å². The van der Waals surface area contributed by atoms with E-state index in [-0.39, 0.29) is 11.8 Å². The Morgan fingerprint density at radius 3 is 1.91 bits per heavy atom. The van der Waals surface area contributed by atoms with Crippen LogP contribution in [0.25, 0.3) is 0 Å². The molecule has 1 saturated heterocycles. The molecule has 1 aliphatic rings. The van der Waals surface area contributed by atoms with Crippen LogP contribution in [-0.4, -0.2) is 74.7 Å². The van der Waals surface area contributed by atoms with Gasteiger partial charge in [-0.05, 0) is 57.6 Å². The minimum Gasteiger partial charge on any atom is -0.490 e. The minimum absolute atomic E-state index is 0.0463. The SMILES string of the molecule is CCOc1cc(C(=O)NCc2ccc(C(=O)N3CCN(C)CC3)cc2)cc(OCC)c1OCC. The summed E-state index contributed by atoms with van der Waals surface area (Å²) in [4.78, 5) is 29.7. The van der Waals surface area contributed by atoms with Crippen LogP contribution in [0.1, 0.15) is 47.1 Å². The average molecular weight is 470 g/mol. The fraction of sp³-hybridized carbons (Fsp3) is 0.462. The number of hydrogen-bond acceptors (Lipinski definition) is 6. The molecule has 1 heterocycles. The summed E-state index contributed by atoms with van der Waals surface area (Å²) in [5.41, 5.74) is 2.00. The van der Waals surface area contributed by atoms with Crippen molar-refractivity contribution < 1.29 is 23.8 Å². The Hall–Kier alpha value is -3.26. The molecule has 8 heteroatoms. The van der Waals surface area contributed by atoms with Crippen molar-refractivity contribution in [3.63, 3.8) is 0 Å². The van der Waals surface area contributed by atoms with Gasteiger partial charge in [0.2, 0.25) is 5.75 Å². The number of ether oxygens (including phenoxy) is 3. The van der Waals surface area contributed by atoms with Gasteiger partial charge in [0.1, 0.15) is 0 Å². The van der Waals surface area contributed by atoms with Crippen LogP contribution >= 0.6 is 0 Å². The predicted molar refractivity (Wildman–Crippen MR) is 131 cm³/mol. The second-order valence-electron chi connectivity index (χ2n) is 8.08. The summed E-state index contributed by atoms with van der Waals surface area (Å²) in [6, 6.07) is 10.7. The van der Waals surface area contributed by atoms with Crippen molar-refractivity contribution in [2.45, 2.75) is 27.3 Å². The highest BCUT2D eigenvalue weighted by molar-refractivity contribution is 5.96. The molecular formula is C26H35N3O5. The summed E-state index contributed by atoms with van der Waals surface area (Å²) in [5, 5.41) is 2.93. The lowest BCUT2D eigenvalue weighted by molar-refractivity contribution is 0.0664. The Kier molecular flexibility index (Phi) is 9.16. The molecule has 3 rings (SSSR count). The number of rotatable bonds is 10. The van der Waals surface area contributed by atoms with Gasteiger partial charge in [-0.15, -0.1) is 0 Å². The molecule has 0 aromatic heterocycles. The Labute approximate surface area is 201 Å². The highest BCUT2D eigenvalue weighted by atomic mass is 16.5. The number of nitrogens with one attached hydrogen (secondary N) is 1. The summed E-state index contributed by atoms with van der Waals surface area (Å²) in [6.45, 7) is 10.6. The zero-order valence-electron chi connectivity index (χ0n) is 20.6. The lowest BCUT2D eigenvalue weighted by Crippen LogP contribution is -2.47. The van der Waals surface area contributed by atoms with E-state index in [2.05, 4.69) is 17.3 Å². The van der Waals surface area contributed by atoms with Crippen molar-refractivity contribution in [3.05, 3.63) is 53.1 Å². The summed E-state index contributed by atoms with van der Waals surface area (Å²) in [6.07, 6.45) is 0. The molecule has 0 bridgehead atoms.